The number of hydrogen-bond donors (Lipinski definition) is 2. The summed E-state index contributed by atoms with van der Waals surface area (Å²) in [6.45, 7) is -0.125. The molecule has 0 spiro atoms. The van der Waals surface area contributed by atoms with Crippen molar-refractivity contribution in [1.29, 1.82) is 0 Å². The van der Waals surface area contributed by atoms with Crippen molar-refractivity contribution >= 4 is 9.84 Å². The van der Waals surface area contributed by atoms with Gasteiger partial charge in [-0.05, 0) is 12.3 Å². The van der Waals surface area contributed by atoms with Crippen molar-refractivity contribution in [1.82, 2.24) is 0 Å². The SMILES string of the molecule is NC(CO)C1CCS(=O)(=O)C1. The van der Waals surface area contributed by atoms with Crippen LogP contribution in [0.2, 0.25) is 0 Å². The molecule has 0 saturated carbocycles. The van der Waals surface area contributed by atoms with Gasteiger partial charge >= 0.3 is 0 Å². The van der Waals surface area contributed by atoms with Crippen molar-refractivity contribution in [2.75, 3.05) is 18.1 Å². The fourth-order valence-corrected chi connectivity index (χ4v) is 3.21. The summed E-state index contributed by atoms with van der Waals surface area (Å²) in [5.74, 6) is 0.338. The molecule has 0 aromatic carbocycles. The van der Waals surface area contributed by atoms with Gasteiger partial charge in [-0.3, -0.25) is 0 Å². The summed E-state index contributed by atoms with van der Waals surface area (Å²) in [7, 11) is -2.84. The molecule has 1 rings (SSSR count). The van der Waals surface area contributed by atoms with Crippen molar-refractivity contribution in [3.63, 3.8) is 0 Å². The van der Waals surface area contributed by atoms with Crippen LogP contribution in [0.15, 0.2) is 0 Å². The Kier molecular flexibility index (Phi) is 2.51. The third-order valence-corrected chi connectivity index (χ3v) is 3.88. The maximum Gasteiger partial charge on any atom is 0.150 e. The first-order chi connectivity index (χ1) is 5.05. The van der Waals surface area contributed by atoms with E-state index in [0.29, 0.717) is 6.42 Å². The third-order valence-electron chi connectivity index (χ3n) is 2.08. The Bertz CT molecular complexity index is 224. The molecule has 66 valence electrons. The molecule has 2 atom stereocenters. The second kappa shape index (κ2) is 3.08. The summed E-state index contributed by atoms with van der Waals surface area (Å²) in [6, 6.07) is -0.368. The Labute approximate surface area is 66.3 Å². The number of nitrogens with two attached hydrogens (primary N) is 1. The highest BCUT2D eigenvalue weighted by Crippen LogP contribution is 2.20. The fourth-order valence-electron chi connectivity index (χ4n) is 1.31. The monoisotopic (exact) mass is 179 g/mol. The van der Waals surface area contributed by atoms with Crippen molar-refractivity contribution in [2.24, 2.45) is 11.7 Å². The van der Waals surface area contributed by atoms with Gasteiger partial charge in [0.2, 0.25) is 0 Å². The van der Waals surface area contributed by atoms with E-state index in [-0.39, 0.29) is 30.1 Å². The Balaban J connectivity index is 2.55. The van der Waals surface area contributed by atoms with Crippen molar-refractivity contribution in [2.45, 2.75) is 12.5 Å². The average molecular weight is 179 g/mol. The number of rotatable bonds is 2. The van der Waals surface area contributed by atoms with E-state index in [1.54, 1.807) is 0 Å². The molecule has 3 N–H and O–H groups in total. The minimum atomic E-state index is -2.84. The zero-order chi connectivity index (χ0) is 8.48. The first-order valence-corrected chi connectivity index (χ1v) is 5.44. The van der Waals surface area contributed by atoms with Crippen LogP contribution < -0.4 is 5.73 Å². The van der Waals surface area contributed by atoms with Crippen LogP contribution in [0.5, 0.6) is 0 Å². The van der Waals surface area contributed by atoms with Crippen LogP contribution in [0.25, 0.3) is 0 Å². The molecule has 4 nitrogen and oxygen atoms in total. The van der Waals surface area contributed by atoms with E-state index < -0.39 is 9.84 Å². The fraction of sp³-hybridized carbons (Fsp3) is 1.00. The molecule has 0 bridgehead atoms. The molecule has 5 heteroatoms. The van der Waals surface area contributed by atoms with Crippen molar-refractivity contribution in [3.05, 3.63) is 0 Å². The van der Waals surface area contributed by atoms with Crippen LogP contribution in [-0.4, -0.2) is 37.7 Å². The van der Waals surface area contributed by atoms with E-state index in [0.717, 1.165) is 0 Å². The lowest BCUT2D eigenvalue weighted by Gasteiger charge is -2.13. The molecular weight excluding hydrogens is 166 g/mol. The number of aliphatic hydroxyl groups is 1. The summed E-state index contributed by atoms with van der Waals surface area (Å²) in [6.07, 6.45) is 0.601. The van der Waals surface area contributed by atoms with Crippen LogP contribution in [0.1, 0.15) is 6.42 Å². The highest BCUT2D eigenvalue weighted by Gasteiger charge is 2.31. The van der Waals surface area contributed by atoms with Crippen LogP contribution in [0, 0.1) is 5.92 Å². The Morgan fingerprint density at radius 1 is 1.64 bits per heavy atom. The van der Waals surface area contributed by atoms with Gasteiger partial charge in [-0.15, -0.1) is 0 Å². The number of hydrogen-bond acceptors (Lipinski definition) is 4. The van der Waals surface area contributed by atoms with Gasteiger partial charge < -0.3 is 10.8 Å². The van der Waals surface area contributed by atoms with Crippen molar-refractivity contribution < 1.29 is 13.5 Å². The van der Waals surface area contributed by atoms with Crippen molar-refractivity contribution in [3.8, 4) is 0 Å². The zero-order valence-corrected chi connectivity index (χ0v) is 7.05. The Morgan fingerprint density at radius 2 is 2.27 bits per heavy atom. The summed E-state index contributed by atoms with van der Waals surface area (Å²) >= 11 is 0. The van der Waals surface area contributed by atoms with Crippen LogP contribution >= 0.6 is 0 Å². The smallest absolute Gasteiger partial charge is 0.150 e. The summed E-state index contributed by atoms with van der Waals surface area (Å²) < 4.78 is 21.8. The topological polar surface area (TPSA) is 80.4 Å². The molecule has 0 aromatic rings. The second-order valence-corrected chi connectivity index (χ2v) is 5.24. The molecule has 1 saturated heterocycles. The highest BCUT2D eigenvalue weighted by molar-refractivity contribution is 7.91. The predicted octanol–water partition coefficient (Wildman–Crippen LogP) is -1.26. The lowest BCUT2D eigenvalue weighted by Crippen LogP contribution is -2.34. The molecule has 1 fully saturated rings. The third kappa shape index (κ3) is 2.15. The molecule has 1 heterocycles. The molecule has 0 aliphatic carbocycles. The van der Waals surface area contributed by atoms with Crippen LogP contribution in [0.3, 0.4) is 0 Å². The second-order valence-electron chi connectivity index (χ2n) is 3.01. The quantitative estimate of drug-likeness (QED) is 0.554. The first kappa shape index (κ1) is 8.96. The van der Waals surface area contributed by atoms with Crippen LogP contribution in [-0.2, 0) is 9.84 Å². The Morgan fingerprint density at radius 3 is 2.64 bits per heavy atom. The summed E-state index contributed by atoms with van der Waals surface area (Å²) in [5, 5.41) is 8.65. The maximum absolute atomic E-state index is 10.9. The van der Waals surface area contributed by atoms with E-state index in [1.165, 1.54) is 0 Å². The minimum absolute atomic E-state index is 0.0370. The van der Waals surface area contributed by atoms with Gasteiger partial charge in [-0.2, -0.15) is 0 Å². The van der Waals surface area contributed by atoms with E-state index in [1.807, 2.05) is 0 Å². The van der Waals surface area contributed by atoms with Gasteiger partial charge in [0.15, 0.2) is 9.84 Å². The lowest BCUT2D eigenvalue weighted by atomic mass is 10.0. The standard InChI is InChI=1S/C6H13NO3S/c7-6(3-8)5-1-2-11(9,10)4-5/h5-6,8H,1-4,7H2. The number of sulfone groups is 1. The van der Waals surface area contributed by atoms with Gasteiger partial charge in [0.25, 0.3) is 0 Å². The van der Waals surface area contributed by atoms with E-state index in [2.05, 4.69) is 0 Å². The van der Waals surface area contributed by atoms with Gasteiger partial charge in [-0.1, -0.05) is 0 Å². The first-order valence-electron chi connectivity index (χ1n) is 3.62. The average Bonchev–Trinajstić information content (AvgIpc) is 2.29. The lowest BCUT2D eigenvalue weighted by molar-refractivity contribution is 0.234. The molecule has 0 amide bonds. The molecule has 1 aliphatic heterocycles. The largest absolute Gasteiger partial charge is 0.395 e. The predicted molar refractivity (Wildman–Crippen MR) is 41.8 cm³/mol. The molecule has 0 radical (unpaired) electrons. The van der Waals surface area contributed by atoms with E-state index in [4.69, 9.17) is 10.8 Å². The highest BCUT2D eigenvalue weighted by atomic mass is 32.2. The zero-order valence-electron chi connectivity index (χ0n) is 6.23. The van der Waals surface area contributed by atoms with Gasteiger partial charge in [-0.25, -0.2) is 8.42 Å². The van der Waals surface area contributed by atoms with Gasteiger partial charge in [0.1, 0.15) is 0 Å². The van der Waals surface area contributed by atoms with Gasteiger partial charge in [0.05, 0.1) is 18.1 Å². The van der Waals surface area contributed by atoms with E-state index >= 15 is 0 Å². The molecule has 2 unspecified atom stereocenters. The summed E-state index contributed by atoms with van der Waals surface area (Å²) in [4.78, 5) is 0. The molecule has 1 aliphatic rings. The van der Waals surface area contributed by atoms with Crippen LogP contribution in [0.4, 0.5) is 0 Å². The minimum Gasteiger partial charge on any atom is -0.395 e. The number of aliphatic hydroxyl groups excluding tert-OH is 1. The molecule has 0 aromatic heterocycles. The molecular formula is C6H13NO3S. The maximum atomic E-state index is 10.9. The van der Waals surface area contributed by atoms with E-state index in [9.17, 15) is 8.42 Å². The van der Waals surface area contributed by atoms with Gasteiger partial charge in [0, 0.05) is 6.04 Å². The summed E-state index contributed by atoms with van der Waals surface area (Å²) in [5.41, 5.74) is 5.48. The molecule has 11 heavy (non-hydrogen) atoms. The normalized spacial score (nSPS) is 32.0. The Hall–Kier alpha value is -0.130.